The molecule has 0 radical (unpaired) electrons. The van der Waals surface area contributed by atoms with Crippen molar-refractivity contribution in [3.8, 4) is 0 Å². The topological polar surface area (TPSA) is 124 Å². The Hall–Kier alpha value is -2.98. The Kier molecular flexibility index (Phi) is 11.7. The van der Waals surface area contributed by atoms with Crippen LogP contribution in [0.4, 0.5) is 0 Å². The number of hydrogen-bond donors (Lipinski definition) is 3. The molecular formula is C28H36N2O6S2. The predicted octanol–water partition coefficient (Wildman–Crippen LogP) is 5.69. The average Bonchev–Trinajstić information content (AvgIpc) is 2.83. The molecule has 0 saturated heterocycles. The van der Waals surface area contributed by atoms with Gasteiger partial charge in [0.05, 0.1) is 11.5 Å². The quantitative estimate of drug-likeness (QED) is 0.211. The van der Waals surface area contributed by atoms with Crippen molar-refractivity contribution in [3.63, 3.8) is 0 Å². The van der Waals surface area contributed by atoms with Crippen molar-refractivity contribution in [1.82, 2.24) is 9.62 Å². The first kappa shape index (κ1) is 31.2. The van der Waals surface area contributed by atoms with Crippen LogP contribution in [0, 0.1) is 31.6 Å². The Bertz CT molecular complexity index is 1170. The molecule has 0 aliphatic rings. The number of aryl methyl sites for hydroxylation is 2. The molecule has 206 valence electrons. The maximum Gasteiger partial charge on any atom is 0.327 e. The summed E-state index contributed by atoms with van der Waals surface area (Å²) in [5.74, 6) is -3.82. The first-order valence-corrected chi connectivity index (χ1v) is 14.5. The first-order valence-electron chi connectivity index (χ1n) is 12.4. The van der Waals surface area contributed by atoms with Crippen LogP contribution in [-0.4, -0.2) is 50.9 Å². The van der Waals surface area contributed by atoms with Gasteiger partial charge in [-0.2, -0.15) is 0 Å². The molecule has 2 aromatic rings. The van der Waals surface area contributed by atoms with Crippen LogP contribution in [0.5, 0.6) is 0 Å². The third-order valence-corrected chi connectivity index (χ3v) is 8.56. The zero-order chi connectivity index (χ0) is 28.6. The summed E-state index contributed by atoms with van der Waals surface area (Å²) in [4.78, 5) is 51.0. The number of nitrogens with one attached hydrogen (secondary N) is 1. The third-order valence-electron chi connectivity index (χ3n) is 5.99. The second kappa shape index (κ2) is 14.2. The molecule has 0 aromatic heterocycles. The molecule has 0 aliphatic carbocycles. The van der Waals surface area contributed by atoms with E-state index in [0.717, 1.165) is 32.9 Å². The molecule has 2 aromatic carbocycles. The Morgan fingerprint density at radius 2 is 1.61 bits per heavy atom. The lowest BCUT2D eigenvalue weighted by atomic mass is 9.96. The van der Waals surface area contributed by atoms with Crippen molar-refractivity contribution in [3.05, 3.63) is 64.7 Å². The normalized spacial score (nSPS) is 12.7. The van der Waals surface area contributed by atoms with E-state index < -0.39 is 35.7 Å². The number of benzene rings is 2. The van der Waals surface area contributed by atoms with Crippen LogP contribution in [0.1, 0.15) is 66.0 Å². The molecule has 38 heavy (non-hydrogen) atoms. The van der Waals surface area contributed by atoms with E-state index >= 15 is 0 Å². The van der Waals surface area contributed by atoms with E-state index in [1.807, 2.05) is 39.8 Å². The highest BCUT2D eigenvalue weighted by molar-refractivity contribution is 8.76. The molecule has 10 heteroatoms. The van der Waals surface area contributed by atoms with Gasteiger partial charge in [-0.15, -0.1) is 0 Å². The number of carboxylic acids is 2. The largest absolute Gasteiger partial charge is 0.481 e. The molecule has 0 heterocycles. The summed E-state index contributed by atoms with van der Waals surface area (Å²) >= 11 is 0. The van der Waals surface area contributed by atoms with Crippen LogP contribution in [0.3, 0.4) is 0 Å². The number of carbonyl (C=O) groups is 4. The van der Waals surface area contributed by atoms with Gasteiger partial charge in [0.2, 0.25) is 0 Å². The molecule has 0 saturated carbocycles. The molecule has 2 amide bonds. The zero-order valence-corrected chi connectivity index (χ0v) is 24.2. The van der Waals surface area contributed by atoms with Gasteiger partial charge in [-0.1, -0.05) is 57.5 Å². The van der Waals surface area contributed by atoms with E-state index in [9.17, 15) is 29.4 Å². The van der Waals surface area contributed by atoms with Crippen molar-refractivity contribution in [2.75, 3.05) is 6.54 Å². The molecule has 3 N–H and O–H groups in total. The van der Waals surface area contributed by atoms with Gasteiger partial charge < -0.3 is 15.5 Å². The summed E-state index contributed by atoms with van der Waals surface area (Å²) in [6.45, 7) is 11.0. The van der Waals surface area contributed by atoms with Gasteiger partial charge in [0.15, 0.2) is 0 Å². The number of carbonyl (C=O) groups excluding carboxylic acids is 2. The average molecular weight is 561 g/mol. The van der Waals surface area contributed by atoms with E-state index in [0.29, 0.717) is 16.0 Å². The third kappa shape index (κ3) is 8.52. The van der Waals surface area contributed by atoms with Crippen molar-refractivity contribution < 1.29 is 29.4 Å². The maximum atomic E-state index is 13.5. The fourth-order valence-corrected chi connectivity index (χ4v) is 6.50. The lowest BCUT2D eigenvalue weighted by Crippen LogP contribution is -2.41. The van der Waals surface area contributed by atoms with Gasteiger partial charge in [0.25, 0.3) is 11.8 Å². The van der Waals surface area contributed by atoms with E-state index in [1.54, 1.807) is 44.2 Å². The minimum absolute atomic E-state index is 0.0233. The Balaban J connectivity index is 2.38. The van der Waals surface area contributed by atoms with Crippen LogP contribution in [0.2, 0.25) is 0 Å². The van der Waals surface area contributed by atoms with E-state index in [-0.39, 0.29) is 24.8 Å². The van der Waals surface area contributed by atoms with Crippen molar-refractivity contribution >= 4 is 45.5 Å². The fraction of sp³-hybridized carbons (Fsp3) is 0.429. The van der Waals surface area contributed by atoms with Crippen LogP contribution in [0.25, 0.3) is 0 Å². The minimum Gasteiger partial charge on any atom is -0.481 e. The summed E-state index contributed by atoms with van der Waals surface area (Å²) in [6.07, 6.45) is 0.257. The van der Waals surface area contributed by atoms with Crippen LogP contribution < -0.4 is 5.32 Å². The second-order valence-corrected chi connectivity index (χ2v) is 12.1. The molecule has 0 aliphatic heterocycles. The van der Waals surface area contributed by atoms with Gasteiger partial charge in [0, 0.05) is 28.0 Å². The van der Waals surface area contributed by atoms with Crippen LogP contribution in [-0.2, 0) is 9.59 Å². The smallest absolute Gasteiger partial charge is 0.327 e. The lowest BCUT2D eigenvalue weighted by Gasteiger charge is -2.28. The van der Waals surface area contributed by atoms with Gasteiger partial charge in [-0.25, -0.2) is 4.79 Å². The van der Waals surface area contributed by atoms with E-state index in [4.69, 9.17) is 0 Å². The van der Waals surface area contributed by atoms with Crippen molar-refractivity contribution in [2.45, 2.75) is 58.9 Å². The Morgan fingerprint density at radius 1 is 0.947 bits per heavy atom. The number of rotatable bonds is 13. The number of nitrogens with zero attached hydrogens (tertiary/aromatic N) is 1. The van der Waals surface area contributed by atoms with E-state index in [1.165, 1.54) is 4.31 Å². The second-order valence-electron chi connectivity index (χ2n) is 9.99. The minimum atomic E-state index is -1.11. The summed E-state index contributed by atoms with van der Waals surface area (Å²) < 4.78 is 1.27. The van der Waals surface area contributed by atoms with Crippen molar-refractivity contribution in [2.24, 2.45) is 17.8 Å². The number of carboxylic acid groups (broad SMARTS) is 2. The SMILES string of the molecule is Cc1cccc(C(=O)N(SSc2c(C)cccc2C(=O)NCC(C(=O)O)C(C)C)C(CC(C)C)C(=O)O)c1. The Morgan fingerprint density at radius 3 is 2.16 bits per heavy atom. The van der Waals surface area contributed by atoms with Crippen LogP contribution in [0.15, 0.2) is 47.4 Å². The molecule has 8 nitrogen and oxygen atoms in total. The number of hydrogen-bond acceptors (Lipinski definition) is 6. The number of aliphatic carboxylic acids is 2. The van der Waals surface area contributed by atoms with Crippen LogP contribution >= 0.6 is 21.8 Å². The van der Waals surface area contributed by atoms with Gasteiger partial charge in [-0.05, 0) is 66.7 Å². The molecule has 0 spiro atoms. The lowest BCUT2D eigenvalue weighted by molar-refractivity contribution is -0.143. The highest BCUT2D eigenvalue weighted by atomic mass is 33.1. The predicted molar refractivity (Wildman–Crippen MR) is 151 cm³/mol. The molecule has 2 rings (SSSR count). The highest BCUT2D eigenvalue weighted by Gasteiger charge is 2.33. The first-order chi connectivity index (χ1) is 17.8. The van der Waals surface area contributed by atoms with Crippen molar-refractivity contribution in [1.29, 1.82) is 0 Å². The summed E-state index contributed by atoms with van der Waals surface area (Å²) in [5, 5.41) is 22.2. The Labute approximate surface area is 232 Å². The fourth-order valence-electron chi connectivity index (χ4n) is 3.80. The standard InChI is InChI=1S/C28H36N2O6S2/c1-16(2)13-23(28(35)36)30(26(32)20-11-7-9-18(5)14-20)38-37-24-19(6)10-8-12-21(24)25(31)29-15-22(17(3)4)27(33)34/h7-12,14,16-17,22-23H,13,15H2,1-6H3,(H,29,31)(H,33,34)(H,35,36). The molecule has 2 unspecified atom stereocenters. The summed E-state index contributed by atoms with van der Waals surface area (Å²) in [5.41, 5.74) is 2.36. The van der Waals surface area contributed by atoms with E-state index in [2.05, 4.69) is 5.32 Å². The summed E-state index contributed by atoms with van der Waals surface area (Å²) in [7, 11) is 2.13. The zero-order valence-electron chi connectivity index (χ0n) is 22.6. The van der Waals surface area contributed by atoms with Gasteiger partial charge in [0.1, 0.15) is 6.04 Å². The highest BCUT2D eigenvalue weighted by Crippen LogP contribution is 2.41. The number of amides is 2. The maximum absolute atomic E-state index is 13.5. The van der Waals surface area contributed by atoms with Gasteiger partial charge >= 0.3 is 11.9 Å². The molecule has 0 bridgehead atoms. The molecule has 2 atom stereocenters. The molecule has 0 fully saturated rings. The van der Waals surface area contributed by atoms with Gasteiger partial charge in [-0.3, -0.25) is 18.7 Å². The summed E-state index contributed by atoms with van der Waals surface area (Å²) in [6, 6.07) is 11.1. The monoisotopic (exact) mass is 560 g/mol. The molecular weight excluding hydrogens is 524 g/mol.